The van der Waals surface area contributed by atoms with Crippen LogP contribution in [0, 0.1) is 19.8 Å². The summed E-state index contributed by atoms with van der Waals surface area (Å²) < 4.78 is 6.32. The van der Waals surface area contributed by atoms with E-state index in [1.54, 1.807) is 0 Å². The maximum atomic E-state index is 6.32. The van der Waals surface area contributed by atoms with Crippen molar-refractivity contribution in [2.75, 3.05) is 0 Å². The molecular formula is C19H17NO2. The van der Waals surface area contributed by atoms with Crippen molar-refractivity contribution in [1.29, 1.82) is 0 Å². The molecule has 0 amide bonds. The minimum absolute atomic E-state index is 0.0215. The fourth-order valence-electron chi connectivity index (χ4n) is 4.22. The Labute approximate surface area is 129 Å². The molecule has 3 aliphatic heterocycles. The highest BCUT2D eigenvalue weighted by Gasteiger charge is 2.59. The van der Waals surface area contributed by atoms with Crippen LogP contribution in [0.25, 0.3) is 0 Å². The van der Waals surface area contributed by atoms with Crippen molar-refractivity contribution in [3.05, 3.63) is 70.3 Å². The zero-order valence-corrected chi connectivity index (χ0v) is 12.6. The van der Waals surface area contributed by atoms with Gasteiger partial charge in [-0.15, -0.1) is 0 Å². The minimum Gasteiger partial charge on any atom is -0.388 e. The Morgan fingerprint density at radius 1 is 0.864 bits per heavy atom. The average Bonchev–Trinajstić information content (AvgIpc) is 3.21. The quantitative estimate of drug-likeness (QED) is 0.799. The van der Waals surface area contributed by atoms with Crippen molar-refractivity contribution < 1.29 is 9.57 Å². The summed E-state index contributed by atoms with van der Waals surface area (Å²) in [6, 6.07) is 14.7. The number of benzene rings is 2. The van der Waals surface area contributed by atoms with Gasteiger partial charge in [-0.2, -0.15) is 0 Å². The van der Waals surface area contributed by atoms with Crippen LogP contribution in [0.15, 0.2) is 47.6 Å². The Kier molecular flexibility index (Phi) is 2.37. The van der Waals surface area contributed by atoms with Crippen LogP contribution >= 0.6 is 0 Å². The lowest BCUT2D eigenvalue weighted by molar-refractivity contribution is -0.00602. The molecule has 1 fully saturated rings. The van der Waals surface area contributed by atoms with Crippen LogP contribution in [0.4, 0.5) is 0 Å². The van der Waals surface area contributed by atoms with Gasteiger partial charge in [0.15, 0.2) is 6.10 Å². The molecular weight excluding hydrogens is 274 g/mol. The summed E-state index contributed by atoms with van der Waals surface area (Å²) in [4.78, 5) is 5.79. The third kappa shape index (κ3) is 1.42. The summed E-state index contributed by atoms with van der Waals surface area (Å²) in [6.45, 7) is 4.33. The van der Waals surface area contributed by atoms with Gasteiger partial charge in [-0.3, -0.25) is 0 Å². The molecule has 0 aromatic heterocycles. The van der Waals surface area contributed by atoms with Crippen LogP contribution in [0.1, 0.15) is 40.0 Å². The number of rotatable bonds is 1. The second kappa shape index (κ2) is 4.20. The molecule has 110 valence electrons. The summed E-state index contributed by atoms with van der Waals surface area (Å²) in [5.74, 6) is 0.209. The first-order valence-electron chi connectivity index (χ1n) is 7.80. The number of oxime groups is 1. The molecule has 0 saturated carbocycles. The summed E-state index contributed by atoms with van der Waals surface area (Å²) in [6.07, 6.45) is 0.120. The summed E-state index contributed by atoms with van der Waals surface area (Å²) >= 11 is 0. The van der Waals surface area contributed by atoms with Gasteiger partial charge in [-0.1, -0.05) is 47.6 Å². The van der Waals surface area contributed by atoms with Gasteiger partial charge in [0.05, 0.1) is 17.7 Å². The maximum absolute atomic E-state index is 6.32. The van der Waals surface area contributed by atoms with Crippen molar-refractivity contribution in [2.24, 2.45) is 11.1 Å². The SMILES string of the molecule is Cc1ccc(C)c2c1C1OC2C2C(c3ccccc3)=NOC12. The van der Waals surface area contributed by atoms with E-state index in [9.17, 15) is 0 Å². The van der Waals surface area contributed by atoms with Crippen molar-refractivity contribution in [3.8, 4) is 0 Å². The number of hydrogen-bond donors (Lipinski definition) is 0. The molecule has 5 rings (SSSR count). The first kappa shape index (κ1) is 12.4. The molecule has 3 heteroatoms. The maximum Gasteiger partial charge on any atom is 0.169 e. The molecule has 2 aromatic carbocycles. The van der Waals surface area contributed by atoms with Gasteiger partial charge in [-0.25, -0.2) is 0 Å². The lowest BCUT2D eigenvalue weighted by Gasteiger charge is -2.25. The van der Waals surface area contributed by atoms with E-state index in [-0.39, 0.29) is 24.2 Å². The van der Waals surface area contributed by atoms with Gasteiger partial charge in [0.25, 0.3) is 0 Å². The Morgan fingerprint density at radius 3 is 2.27 bits per heavy atom. The van der Waals surface area contributed by atoms with Gasteiger partial charge in [0, 0.05) is 0 Å². The zero-order chi connectivity index (χ0) is 14.8. The van der Waals surface area contributed by atoms with Gasteiger partial charge in [0.2, 0.25) is 0 Å². The molecule has 4 atom stereocenters. The molecule has 2 bridgehead atoms. The van der Waals surface area contributed by atoms with Crippen molar-refractivity contribution in [1.82, 2.24) is 0 Å². The monoisotopic (exact) mass is 291 g/mol. The van der Waals surface area contributed by atoms with Crippen molar-refractivity contribution in [3.63, 3.8) is 0 Å². The van der Waals surface area contributed by atoms with Crippen LogP contribution in [0.3, 0.4) is 0 Å². The van der Waals surface area contributed by atoms with Crippen LogP contribution in [-0.2, 0) is 9.57 Å². The Balaban J connectivity index is 1.64. The Bertz CT molecular complexity index is 797. The predicted octanol–water partition coefficient (Wildman–Crippen LogP) is 3.85. The number of fused-ring (bicyclic) bond motifs is 8. The molecule has 22 heavy (non-hydrogen) atoms. The van der Waals surface area contributed by atoms with E-state index in [4.69, 9.17) is 9.57 Å². The molecule has 0 N–H and O–H groups in total. The number of hydrogen-bond acceptors (Lipinski definition) is 3. The van der Waals surface area contributed by atoms with Gasteiger partial charge in [-0.05, 0) is 41.7 Å². The van der Waals surface area contributed by atoms with E-state index in [0.717, 1.165) is 11.3 Å². The molecule has 4 unspecified atom stereocenters. The second-order valence-electron chi connectivity index (χ2n) is 6.44. The van der Waals surface area contributed by atoms with Crippen molar-refractivity contribution in [2.45, 2.75) is 32.2 Å². The number of ether oxygens (including phenoxy) is 1. The molecule has 1 saturated heterocycles. The summed E-state index contributed by atoms with van der Waals surface area (Å²) in [5.41, 5.74) is 7.47. The first-order chi connectivity index (χ1) is 10.8. The van der Waals surface area contributed by atoms with Gasteiger partial charge >= 0.3 is 0 Å². The topological polar surface area (TPSA) is 30.8 Å². The largest absolute Gasteiger partial charge is 0.388 e. The van der Waals surface area contributed by atoms with Crippen LogP contribution in [-0.4, -0.2) is 11.8 Å². The highest BCUT2D eigenvalue weighted by atomic mass is 16.7. The normalized spacial score (nSPS) is 30.7. The molecule has 3 nitrogen and oxygen atoms in total. The molecule has 2 aromatic rings. The molecule has 3 heterocycles. The first-order valence-corrected chi connectivity index (χ1v) is 7.80. The van der Waals surface area contributed by atoms with E-state index in [1.165, 1.54) is 22.3 Å². The minimum atomic E-state index is 0.0215. The lowest BCUT2D eigenvalue weighted by Crippen LogP contribution is -2.30. The Hall–Kier alpha value is -2.13. The summed E-state index contributed by atoms with van der Waals surface area (Å²) in [5, 5.41) is 4.41. The second-order valence-corrected chi connectivity index (χ2v) is 6.44. The third-order valence-corrected chi connectivity index (χ3v) is 5.22. The molecule has 0 aliphatic carbocycles. The van der Waals surface area contributed by atoms with Gasteiger partial charge < -0.3 is 9.57 Å². The van der Waals surface area contributed by atoms with E-state index in [0.29, 0.717) is 0 Å². The van der Waals surface area contributed by atoms with E-state index >= 15 is 0 Å². The average molecular weight is 291 g/mol. The van der Waals surface area contributed by atoms with E-state index in [2.05, 4.69) is 43.3 Å². The van der Waals surface area contributed by atoms with Crippen LogP contribution in [0.5, 0.6) is 0 Å². The van der Waals surface area contributed by atoms with E-state index < -0.39 is 0 Å². The molecule has 0 radical (unpaired) electrons. The summed E-state index contributed by atoms with van der Waals surface area (Å²) in [7, 11) is 0. The third-order valence-electron chi connectivity index (χ3n) is 5.22. The number of nitrogens with zero attached hydrogens (tertiary/aromatic N) is 1. The van der Waals surface area contributed by atoms with E-state index in [1.807, 2.05) is 18.2 Å². The highest BCUT2D eigenvalue weighted by Crippen LogP contribution is 2.59. The zero-order valence-electron chi connectivity index (χ0n) is 12.6. The van der Waals surface area contributed by atoms with Crippen LogP contribution in [0.2, 0.25) is 0 Å². The van der Waals surface area contributed by atoms with Gasteiger partial charge in [0.1, 0.15) is 6.10 Å². The number of aryl methyl sites for hydroxylation is 2. The standard InChI is InChI=1S/C19H17NO2/c1-10-8-9-11(2)14-13(10)17-15-16(12-6-4-3-5-7-12)20-22-19(15)18(14)21-17/h3-9,15,17-19H,1-2H3. The fraction of sp³-hybridized carbons (Fsp3) is 0.316. The molecule has 0 spiro atoms. The highest BCUT2D eigenvalue weighted by molar-refractivity contribution is 6.04. The Morgan fingerprint density at radius 2 is 1.55 bits per heavy atom. The van der Waals surface area contributed by atoms with Crippen molar-refractivity contribution >= 4 is 5.71 Å². The van der Waals surface area contributed by atoms with Crippen LogP contribution < -0.4 is 0 Å². The fourth-order valence-corrected chi connectivity index (χ4v) is 4.22. The smallest absolute Gasteiger partial charge is 0.169 e. The lowest BCUT2D eigenvalue weighted by atomic mass is 9.75. The molecule has 3 aliphatic rings. The predicted molar refractivity (Wildman–Crippen MR) is 83.8 cm³/mol.